The predicted molar refractivity (Wildman–Crippen MR) is 75.1 cm³/mol. The maximum atomic E-state index is 11.2. The van der Waals surface area contributed by atoms with Gasteiger partial charge >= 0.3 is 0 Å². The minimum Gasteiger partial charge on any atom is -0.464 e. The summed E-state index contributed by atoms with van der Waals surface area (Å²) in [6.07, 6.45) is 3.97. The van der Waals surface area contributed by atoms with Crippen LogP contribution in [0.25, 0.3) is 0 Å². The highest BCUT2D eigenvalue weighted by Gasteiger charge is 2.36. The Morgan fingerprint density at radius 3 is 2.89 bits per heavy atom. The predicted octanol–water partition coefficient (Wildman–Crippen LogP) is 2.65. The molecule has 0 amide bonds. The molecule has 4 unspecified atom stereocenters. The number of hydrogen-bond donors (Lipinski definition) is 1. The first kappa shape index (κ1) is 13.8. The van der Waals surface area contributed by atoms with E-state index in [9.17, 15) is 4.21 Å². The zero-order valence-corrected chi connectivity index (χ0v) is 12.3. The normalized spacial score (nSPS) is 25.9. The highest BCUT2D eigenvalue weighted by Crippen LogP contribution is 2.47. The molecule has 4 heteroatoms. The van der Waals surface area contributed by atoms with Crippen LogP contribution < -0.4 is 5.32 Å². The van der Waals surface area contributed by atoms with Gasteiger partial charge in [0.25, 0.3) is 0 Å². The van der Waals surface area contributed by atoms with Crippen molar-refractivity contribution in [1.82, 2.24) is 5.32 Å². The van der Waals surface area contributed by atoms with Crippen LogP contribution in [0.3, 0.4) is 0 Å². The van der Waals surface area contributed by atoms with Gasteiger partial charge in [-0.05, 0) is 37.4 Å². The van der Waals surface area contributed by atoms with E-state index < -0.39 is 10.8 Å². The van der Waals surface area contributed by atoms with Gasteiger partial charge in [-0.1, -0.05) is 13.8 Å². The first-order valence-electron chi connectivity index (χ1n) is 6.69. The van der Waals surface area contributed by atoms with E-state index in [0.717, 1.165) is 36.9 Å². The lowest BCUT2D eigenvalue weighted by Gasteiger charge is -2.08. The standard InChI is InChI=1S/C14H23NO2S/c1-10-8-13(10)14-5-4-12(17-14)9-15-7-6-11(2)18(3)16/h4-5,10-11,13,15H,6-9H2,1-3H3. The van der Waals surface area contributed by atoms with Gasteiger partial charge in [-0.3, -0.25) is 4.21 Å². The third kappa shape index (κ3) is 3.69. The summed E-state index contributed by atoms with van der Waals surface area (Å²) in [6, 6.07) is 4.17. The largest absolute Gasteiger partial charge is 0.464 e. The molecule has 1 aliphatic carbocycles. The Morgan fingerprint density at radius 2 is 2.28 bits per heavy atom. The van der Waals surface area contributed by atoms with Crippen molar-refractivity contribution in [2.45, 2.75) is 44.4 Å². The summed E-state index contributed by atoms with van der Waals surface area (Å²) in [6.45, 7) is 5.94. The van der Waals surface area contributed by atoms with Crippen LogP contribution in [-0.4, -0.2) is 22.3 Å². The highest BCUT2D eigenvalue weighted by molar-refractivity contribution is 7.84. The van der Waals surface area contributed by atoms with Gasteiger partial charge < -0.3 is 9.73 Å². The van der Waals surface area contributed by atoms with E-state index in [0.29, 0.717) is 5.92 Å². The summed E-state index contributed by atoms with van der Waals surface area (Å²) in [7, 11) is -0.720. The summed E-state index contributed by atoms with van der Waals surface area (Å²) in [5, 5.41) is 3.60. The molecular weight excluding hydrogens is 246 g/mol. The Hall–Kier alpha value is -0.610. The van der Waals surface area contributed by atoms with E-state index in [1.807, 2.05) is 6.92 Å². The Kier molecular flexibility index (Phi) is 4.62. The van der Waals surface area contributed by atoms with Crippen LogP contribution in [0.15, 0.2) is 16.5 Å². The van der Waals surface area contributed by atoms with E-state index >= 15 is 0 Å². The molecule has 0 aliphatic heterocycles. The number of rotatable bonds is 7. The summed E-state index contributed by atoms with van der Waals surface area (Å²) >= 11 is 0. The monoisotopic (exact) mass is 269 g/mol. The lowest BCUT2D eigenvalue weighted by molar-refractivity contribution is 0.443. The van der Waals surface area contributed by atoms with Crippen molar-refractivity contribution in [2.24, 2.45) is 5.92 Å². The van der Waals surface area contributed by atoms with Crippen LogP contribution in [-0.2, 0) is 17.3 Å². The molecule has 1 saturated carbocycles. The van der Waals surface area contributed by atoms with Crippen LogP contribution in [0.2, 0.25) is 0 Å². The summed E-state index contributed by atoms with van der Waals surface area (Å²) in [4.78, 5) is 0. The fourth-order valence-corrected chi connectivity index (χ4v) is 2.54. The Labute approximate surface area is 112 Å². The quantitative estimate of drug-likeness (QED) is 0.774. The molecule has 1 aromatic rings. The van der Waals surface area contributed by atoms with Gasteiger partial charge in [-0.15, -0.1) is 0 Å². The van der Waals surface area contributed by atoms with E-state index in [2.05, 4.69) is 24.4 Å². The van der Waals surface area contributed by atoms with E-state index in [1.165, 1.54) is 6.42 Å². The second kappa shape index (κ2) is 6.02. The molecule has 0 radical (unpaired) electrons. The van der Waals surface area contributed by atoms with Gasteiger partial charge in [-0.25, -0.2) is 0 Å². The summed E-state index contributed by atoms with van der Waals surface area (Å²) in [5.41, 5.74) is 0. The van der Waals surface area contributed by atoms with Crippen LogP contribution in [0.5, 0.6) is 0 Å². The average molecular weight is 269 g/mol. The Bertz CT molecular complexity index is 416. The number of hydrogen-bond acceptors (Lipinski definition) is 3. The van der Waals surface area contributed by atoms with Gasteiger partial charge in [0.05, 0.1) is 6.54 Å². The average Bonchev–Trinajstić information content (AvgIpc) is 2.89. The van der Waals surface area contributed by atoms with Crippen molar-refractivity contribution >= 4 is 10.8 Å². The topological polar surface area (TPSA) is 42.2 Å². The maximum absolute atomic E-state index is 11.2. The second-order valence-electron chi connectivity index (χ2n) is 5.40. The van der Waals surface area contributed by atoms with Gasteiger partial charge in [0.15, 0.2) is 0 Å². The molecule has 1 aliphatic rings. The number of nitrogens with one attached hydrogen (secondary N) is 1. The smallest absolute Gasteiger partial charge is 0.117 e. The number of furan rings is 1. The zero-order chi connectivity index (χ0) is 13.1. The molecule has 1 heterocycles. The molecule has 2 rings (SSSR count). The van der Waals surface area contributed by atoms with Crippen molar-refractivity contribution in [3.8, 4) is 0 Å². The minimum absolute atomic E-state index is 0.261. The third-order valence-corrected chi connectivity index (χ3v) is 5.12. The lowest BCUT2D eigenvalue weighted by atomic mass is 10.3. The lowest BCUT2D eigenvalue weighted by Crippen LogP contribution is -2.20. The molecular formula is C14H23NO2S. The molecule has 0 saturated heterocycles. The third-order valence-electron chi connectivity index (χ3n) is 3.75. The molecule has 1 fully saturated rings. The molecule has 102 valence electrons. The van der Waals surface area contributed by atoms with Gasteiger partial charge in [0.1, 0.15) is 11.5 Å². The molecule has 18 heavy (non-hydrogen) atoms. The Morgan fingerprint density at radius 1 is 1.56 bits per heavy atom. The van der Waals surface area contributed by atoms with Crippen molar-refractivity contribution in [1.29, 1.82) is 0 Å². The fourth-order valence-electron chi connectivity index (χ4n) is 2.09. The molecule has 0 aromatic carbocycles. The van der Waals surface area contributed by atoms with Crippen molar-refractivity contribution < 1.29 is 8.63 Å². The van der Waals surface area contributed by atoms with Gasteiger partial charge in [0, 0.05) is 28.2 Å². The molecule has 0 spiro atoms. The van der Waals surface area contributed by atoms with Crippen LogP contribution in [0, 0.1) is 5.92 Å². The summed E-state index contributed by atoms with van der Waals surface area (Å²) in [5.74, 6) is 3.59. The molecule has 3 nitrogen and oxygen atoms in total. The summed E-state index contributed by atoms with van der Waals surface area (Å²) < 4.78 is 17.0. The first-order chi connectivity index (χ1) is 8.58. The van der Waals surface area contributed by atoms with Crippen molar-refractivity contribution in [3.05, 3.63) is 23.7 Å². The second-order valence-corrected chi connectivity index (χ2v) is 7.20. The molecule has 0 bridgehead atoms. The van der Waals surface area contributed by atoms with Crippen molar-refractivity contribution in [3.63, 3.8) is 0 Å². The molecule has 1 aromatic heterocycles. The highest BCUT2D eigenvalue weighted by atomic mass is 32.2. The van der Waals surface area contributed by atoms with E-state index in [1.54, 1.807) is 6.26 Å². The zero-order valence-electron chi connectivity index (χ0n) is 11.4. The minimum atomic E-state index is -0.720. The van der Waals surface area contributed by atoms with E-state index in [-0.39, 0.29) is 5.25 Å². The van der Waals surface area contributed by atoms with E-state index in [4.69, 9.17) is 4.42 Å². The molecule has 1 N–H and O–H groups in total. The van der Waals surface area contributed by atoms with Gasteiger partial charge in [0.2, 0.25) is 0 Å². The SMILES string of the molecule is CC1CC1c1ccc(CNCCC(C)S(C)=O)o1. The fraction of sp³-hybridized carbons (Fsp3) is 0.714. The van der Waals surface area contributed by atoms with Crippen LogP contribution in [0.4, 0.5) is 0 Å². The maximum Gasteiger partial charge on any atom is 0.117 e. The van der Waals surface area contributed by atoms with Gasteiger partial charge in [-0.2, -0.15) is 0 Å². The Balaban J connectivity index is 1.67. The molecule has 4 atom stereocenters. The van der Waals surface area contributed by atoms with Crippen LogP contribution >= 0.6 is 0 Å². The first-order valence-corrected chi connectivity index (χ1v) is 8.31. The van der Waals surface area contributed by atoms with Crippen LogP contribution in [0.1, 0.15) is 44.1 Å². The van der Waals surface area contributed by atoms with Crippen molar-refractivity contribution in [2.75, 3.05) is 12.8 Å².